The van der Waals surface area contributed by atoms with Crippen LogP contribution in [0.25, 0.3) is 11.0 Å². The summed E-state index contributed by atoms with van der Waals surface area (Å²) in [5, 5.41) is 0.620. The van der Waals surface area contributed by atoms with Gasteiger partial charge in [-0.1, -0.05) is 30.3 Å². The lowest BCUT2D eigenvalue weighted by atomic mass is 10.1. The number of fused-ring (bicyclic) bond motifs is 1. The Morgan fingerprint density at radius 1 is 1.07 bits per heavy atom. The first kappa shape index (κ1) is 18.7. The zero-order chi connectivity index (χ0) is 19.3. The molecule has 0 amide bonds. The summed E-state index contributed by atoms with van der Waals surface area (Å²) in [6, 6.07) is 15.4. The van der Waals surface area contributed by atoms with Crippen LogP contribution >= 0.6 is 0 Å². The lowest BCUT2D eigenvalue weighted by Gasteiger charge is -2.25. The predicted molar refractivity (Wildman–Crippen MR) is 109 cm³/mol. The molecular formula is C23H25NO4. The Kier molecular flexibility index (Phi) is 5.74. The Labute approximate surface area is 164 Å². The van der Waals surface area contributed by atoms with Crippen molar-refractivity contribution in [3.05, 3.63) is 76.1 Å². The van der Waals surface area contributed by atoms with Crippen LogP contribution in [0.5, 0.6) is 5.75 Å². The Balaban J connectivity index is 1.61. The molecule has 0 aliphatic carbocycles. The molecule has 1 aliphatic heterocycles. The first-order valence-corrected chi connectivity index (χ1v) is 9.70. The highest BCUT2D eigenvalue weighted by Crippen LogP contribution is 2.22. The smallest absolute Gasteiger partial charge is 0.197 e. The zero-order valence-electron chi connectivity index (χ0n) is 16.1. The minimum atomic E-state index is 0.0271. The van der Waals surface area contributed by atoms with Crippen LogP contribution in [0.2, 0.25) is 0 Å². The van der Waals surface area contributed by atoms with Crippen LogP contribution < -0.4 is 10.2 Å². The molecule has 2 aromatic carbocycles. The quantitative estimate of drug-likeness (QED) is 0.621. The summed E-state index contributed by atoms with van der Waals surface area (Å²) in [6.45, 7) is 2.76. The van der Waals surface area contributed by atoms with Crippen molar-refractivity contribution in [3.8, 4) is 5.75 Å². The molecule has 2 heterocycles. The van der Waals surface area contributed by atoms with Crippen molar-refractivity contribution >= 4 is 11.0 Å². The number of nitrogens with zero attached hydrogens (tertiary/aromatic N) is 1. The molecule has 1 fully saturated rings. The van der Waals surface area contributed by atoms with Gasteiger partial charge in [0.1, 0.15) is 11.3 Å². The third kappa shape index (κ3) is 4.11. The first-order chi connectivity index (χ1) is 13.7. The van der Waals surface area contributed by atoms with Gasteiger partial charge in [-0.15, -0.1) is 0 Å². The van der Waals surface area contributed by atoms with Gasteiger partial charge in [0, 0.05) is 37.4 Å². The number of rotatable bonds is 7. The highest BCUT2D eigenvalue weighted by Gasteiger charge is 2.21. The van der Waals surface area contributed by atoms with Crippen molar-refractivity contribution in [2.24, 2.45) is 0 Å². The highest BCUT2D eigenvalue weighted by atomic mass is 16.5. The summed E-state index contributed by atoms with van der Waals surface area (Å²) >= 11 is 0. The summed E-state index contributed by atoms with van der Waals surface area (Å²) in [5.41, 5.74) is 2.39. The largest absolute Gasteiger partial charge is 0.496 e. The average Bonchev–Trinajstić information content (AvgIpc) is 3.24. The fourth-order valence-corrected chi connectivity index (χ4v) is 3.80. The van der Waals surface area contributed by atoms with Gasteiger partial charge in [-0.05, 0) is 31.0 Å². The van der Waals surface area contributed by atoms with Gasteiger partial charge in [0.25, 0.3) is 0 Å². The molecule has 0 unspecified atom stereocenters. The maximum Gasteiger partial charge on any atom is 0.197 e. The van der Waals surface area contributed by atoms with Gasteiger partial charge in [0.15, 0.2) is 5.43 Å². The summed E-state index contributed by atoms with van der Waals surface area (Å²) in [4.78, 5) is 15.2. The van der Waals surface area contributed by atoms with E-state index in [1.54, 1.807) is 13.4 Å². The topological polar surface area (TPSA) is 51.9 Å². The maximum atomic E-state index is 12.9. The van der Waals surface area contributed by atoms with Crippen LogP contribution in [0.15, 0.2) is 64.0 Å². The molecule has 1 saturated heterocycles. The Hall–Kier alpha value is -2.63. The van der Waals surface area contributed by atoms with Gasteiger partial charge in [-0.25, -0.2) is 0 Å². The number of methoxy groups -OCH3 is 1. The predicted octanol–water partition coefficient (Wildman–Crippen LogP) is 3.98. The summed E-state index contributed by atoms with van der Waals surface area (Å²) in [6.07, 6.45) is 3.93. The average molecular weight is 379 g/mol. The van der Waals surface area contributed by atoms with Gasteiger partial charge in [0.05, 0.1) is 24.9 Å². The number of hydrogen-bond acceptors (Lipinski definition) is 5. The number of para-hydroxylation sites is 2. The summed E-state index contributed by atoms with van der Waals surface area (Å²) < 4.78 is 17.1. The fourth-order valence-electron chi connectivity index (χ4n) is 3.80. The molecule has 0 N–H and O–H groups in total. The van der Waals surface area contributed by atoms with Crippen LogP contribution in [0, 0.1) is 0 Å². The van der Waals surface area contributed by atoms with Crippen LogP contribution in [-0.2, 0) is 17.8 Å². The van der Waals surface area contributed by atoms with E-state index in [0.717, 1.165) is 37.3 Å². The molecule has 4 rings (SSSR count). The van der Waals surface area contributed by atoms with Gasteiger partial charge < -0.3 is 13.9 Å². The second kappa shape index (κ2) is 8.59. The van der Waals surface area contributed by atoms with Crippen molar-refractivity contribution in [3.63, 3.8) is 0 Å². The van der Waals surface area contributed by atoms with E-state index in [1.807, 2.05) is 42.5 Å². The van der Waals surface area contributed by atoms with Gasteiger partial charge in [-0.2, -0.15) is 0 Å². The molecule has 146 valence electrons. The molecule has 1 aliphatic rings. The van der Waals surface area contributed by atoms with E-state index < -0.39 is 0 Å². The lowest BCUT2D eigenvalue weighted by Crippen LogP contribution is -2.33. The van der Waals surface area contributed by atoms with Gasteiger partial charge >= 0.3 is 0 Å². The van der Waals surface area contributed by atoms with Crippen molar-refractivity contribution in [2.45, 2.75) is 32.0 Å². The van der Waals surface area contributed by atoms with Gasteiger partial charge in [0.2, 0.25) is 0 Å². The molecule has 0 radical (unpaired) electrons. The van der Waals surface area contributed by atoms with Crippen LogP contribution in [0.4, 0.5) is 0 Å². The normalized spacial score (nSPS) is 16.7. The van der Waals surface area contributed by atoms with Crippen molar-refractivity contribution in [1.29, 1.82) is 0 Å². The highest BCUT2D eigenvalue weighted by molar-refractivity contribution is 5.76. The Bertz CT molecular complexity index is 991. The molecule has 5 nitrogen and oxygen atoms in total. The third-order valence-electron chi connectivity index (χ3n) is 5.22. The number of hydrogen-bond donors (Lipinski definition) is 0. The van der Waals surface area contributed by atoms with Crippen molar-refractivity contribution < 1.29 is 13.9 Å². The summed E-state index contributed by atoms with van der Waals surface area (Å²) in [5.74, 6) is 0.852. The van der Waals surface area contributed by atoms with E-state index >= 15 is 0 Å². The second-order valence-corrected chi connectivity index (χ2v) is 7.20. The molecule has 3 aromatic rings. The van der Waals surface area contributed by atoms with Crippen molar-refractivity contribution in [2.75, 3.05) is 20.3 Å². The van der Waals surface area contributed by atoms with Crippen LogP contribution in [-0.4, -0.2) is 31.3 Å². The van der Waals surface area contributed by atoms with E-state index in [1.165, 1.54) is 0 Å². The first-order valence-electron chi connectivity index (χ1n) is 9.70. The van der Waals surface area contributed by atoms with Crippen LogP contribution in [0.1, 0.15) is 24.0 Å². The molecule has 0 spiro atoms. The molecular weight excluding hydrogens is 354 g/mol. The molecule has 28 heavy (non-hydrogen) atoms. The Morgan fingerprint density at radius 3 is 2.68 bits per heavy atom. The van der Waals surface area contributed by atoms with Crippen molar-refractivity contribution in [1.82, 2.24) is 4.90 Å². The van der Waals surface area contributed by atoms with E-state index in [4.69, 9.17) is 13.9 Å². The maximum absolute atomic E-state index is 12.9. The molecule has 1 aromatic heterocycles. The standard InChI is InChI=1S/C23H25NO4/c1-26-21-10-4-2-7-17(21)13-24(15-19-8-6-12-27-19)14-18-16-28-22-11-5-3-9-20(22)23(18)25/h2-5,7,9-11,16,19H,6,8,12-15H2,1H3/t19-/m0/s1. The number of ether oxygens (including phenoxy) is 2. The third-order valence-corrected chi connectivity index (χ3v) is 5.22. The zero-order valence-corrected chi connectivity index (χ0v) is 16.1. The SMILES string of the molecule is COc1ccccc1CN(Cc1coc2ccccc2c1=O)C[C@@H]1CCCO1. The number of benzene rings is 2. The molecule has 0 bridgehead atoms. The monoisotopic (exact) mass is 379 g/mol. The molecule has 1 atom stereocenters. The van der Waals surface area contributed by atoms with E-state index in [-0.39, 0.29) is 11.5 Å². The minimum absolute atomic E-state index is 0.0271. The van der Waals surface area contributed by atoms with Gasteiger partial charge in [-0.3, -0.25) is 9.69 Å². The van der Waals surface area contributed by atoms with E-state index in [9.17, 15) is 4.79 Å². The summed E-state index contributed by atoms with van der Waals surface area (Å²) in [7, 11) is 1.68. The minimum Gasteiger partial charge on any atom is -0.496 e. The van der Waals surface area contributed by atoms with Crippen LogP contribution in [0.3, 0.4) is 0 Å². The lowest BCUT2D eigenvalue weighted by molar-refractivity contribution is 0.0673. The second-order valence-electron chi connectivity index (χ2n) is 7.20. The molecule has 0 saturated carbocycles. The Morgan fingerprint density at radius 2 is 1.86 bits per heavy atom. The molecule has 5 heteroatoms. The van der Waals surface area contributed by atoms with E-state index in [2.05, 4.69) is 11.0 Å². The van der Waals surface area contributed by atoms with E-state index in [0.29, 0.717) is 29.6 Å². The fraction of sp³-hybridized carbons (Fsp3) is 0.348.